The third-order valence-corrected chi connectivity index (χ3v) is 7.79. The highest BCUT2D eigenvalue weighted by Gasteiger charge is 2.32. The molecule has 1 fully saturated rings. The molecular formula is C23H29N3O4S. The lowest BCUT2D eigenvalue weighted by Crippen LogP contribution is -2.37. The Labute approximate surface area is 184 Å². The standard InChI is InChI=1S/C23H29N3O4S/c1-5-25(6-2)31(29,30)21-11-8-18(9-12-21)23(28)24-19-14-22(27)26(15-19)20-10-7-16(3)17(4)13-20/h7-13,19H,5-6,14-15H2,1-4H3,(H,24,28)/t19-/m0/s1. The van der Waals surface area contributed by atoms with Gasteiger partial charge in [-0.05, 0) is 61.4 Å². The first kappa shape index (κ1) is 23.0. The van der Waals surface area contributed by atoms with E-state index < -0.39 is 10.0 Å². The van der Waals surface area contributed by atoms with E-state index in [4.69, 9.17) is 0 Å². The predicted molar refractivity (Wildman–Crippen MR) is 121 cm³/mol. The van der Waals surface area contributed by atoms with Gasteiger partial charge in [0.1, 0.15) is 0 Å². The van der Waals surface area contributed by atoms with Crippen LogP contribution in [0.2, 0.25) is 0 Å². The van der Waals surface area contributed by atoms with Crippen molar-refractivity contribution < 1.29 is 18.0 Å². The van der Waals surface area contributed by atoms with Crippen LogP contribution in [0.1, 0.15) is 41.8 Å². The van der Waals surface area contributed by atoms with E-state index in [1.165, 1.54) is 28.6 Å². The lowest BCUT2D eigenvalue weighted by molar-refractivity contribution is -0.117. The molecule has 2 amide bonds. The average molecular weight is 444 g/mol. The topological polar surface area (TPSA) is 86.8 Å². The van der Waals surface area contributed by atoms with Gasteiger partial charge in [0.05, 0.1) is 10.9 Å². The SMILES string of the molecule is CCN(CC)S(=O)(=O)c1ccc(C(=O)N[C@H]2CC(=O)N(c3ccc(C)c(C)c3)C2)cc1. The van der Waals surface area contributed by atoms with Crippen LogP contribution in [-0.2, 0) is 14.8 Å². The highest BCUT2D eigenvalue weighted by atomic mass is 32.2. The Morgan fingerprint density at radius 1 is 1.06 bits per heavy atom. The van der Waals surface area contributed by atoms with E-state index in [0.717, 1.165) is 16.8 Å². The fourth-order valence-corrected chi connectivity index (χ4v) is 5.16. The van der Waals surface area contributed by atoms with Crippen LogP contribution >= 0.6 is 0 Å². The van der Waals surface area contributed by atoms with E-state index in [1.54, 1.807) is 18.7 Å². The number of sulfonamides is 1. The molecular weight excluding hydrogens is 414 g/mol. The van der Waals surface area contributed by atoms with Crippen LogP contribution in [-0.4, -0.2) is 50.2 Å². The molecule has 1 aliphatic heterocycles. The number of carbonyl (C=O) groups is 2. The Morgan fingerprint density at radius 3 is 2.29 bits per heavy atom. The summed E-state index contributed by atoms with van der Waals surface area (Å²) < 4.78 is 26.5. The molecule has 1 saturated heterocycles. The van der Waals surface area contributed by atoms with Crippen molar-refractivity contribution in [3.8, 4) is 0 Å². The smallest absolute Gasteiger partial charge is 0.251 e. The number of nitrogens with zero attached hydrogens (tertiary/aromatic N) is 2. The third kappa shape index (κ3) is 4.80. The van der Waals surface area contributed by atoms with E-state index in [-0.39, 0.29) is 29.2 Å². The molecule has 31 heavy (non-hydrogen) atoms. The number of amides is 2. The molecule has 166 valence electrons. The average Bonchev–Trinajstić information content (AvgIpc) is 3.10. The molecule has 0 radical (unpaired) electrons. The van der Waals surface area contributed by atoms with Gasteiger partial charge in [-0.1, -0.05) is 19.9 Å². The summed E-state index contributed by atoms with van der Waals surface area (Å²) >= 11 is 0. The van der Waals surface area contributed by atoms with Crippen LogP contribution in [0.25, 0.3) is 0 Å². The third-order valence-electron chi connectivity index (χ3n) is 5.72. The van der Waals surface area contributed by atoms with Crippen molar-refractivity contribution in [1.82, 2.24) is 9.62 Å². The molecule has 0 unspecified atom stereocenters. The fraction of sp³-hybridized carbons (Fsp3) is 0.391. The van der Waals surface area contributed by atoms with E-state index in [2.05, 4.69) is 5.32 Å². The largest absolute Gasteiger partial charge is 0.347 e. The lowest BCUT2D eigenvalue weighted by atomic mass is 10.1. The molecule has 1 heterocycles. The van der Waals surface area contributed by atoms with Crippen molar-refractivity contribution in [3.05, 3.63) is 59.2 Å². The Kier molecular flexibility index (Phi) is 6.81. The van der Waals surface area contributed by atoms with E-state index in [1.807, 2.05) is 32.0 Å². The summed E-state index contributed by atoms with van der Waals surface area (Å²) in [5.41, 5.74) is 3.45. The first-order chi connectivity index (χ1) is 14.7. The Hall–Kier alpha value is -2.71. The van der Waals surface area contributed by atoms with Gasteiger partial charge in [0.25, 0.3) is 5.91 Å². The second kappa shape index (κ2) is 9.20. The van der Waals surface area contributed by atoms with Gasteiger partial charge in [0.2, 0.25) is 15.9 Å². The van der Waals surface area contributed by atoms with Crippen molar-refractivity contribution in [2.24, 2.45) is 0 Å². The Balaban J connectivity index is 1.68. The molecule has 7 nitrogen and oxygen atoms in total. The number of carbonyl (C=O) groups excluding carboxylic acids is 2. The number of rotatable bonds is 7. The second-order valence-electron chi connectivity index (χ2n) is 7.76. The van der Waals surface area contributed by atoms with Crippen molar-refractivity contribution >= 4 is 27.5 Å². The molecule has 1 aliphatic rings. The quantitative estimate of drug-likeness (QED) is 0.713. The molecule has 3 rings (SSSR count). The summed E-state index contributed by atoms with van der Waals surface area (Å²) in [5.74, 6) is -0.360. The number of hydrogen-bond acceptors (Lipinski definition) is 4. The number of hydrogen-bond donors (Lipinski definition) is 1. The highest BCUT2D eigenvalue weighted by molar-refractivity contribution is 7.89. The van der Waals surface area contributed by atoms with Crippen LogP contribution < -0.4 is 10.2 Å². The molecule has 1 N–H and O–H groups in total. The summed E-state index contributed by atoms with van der Waals surface area (Å²) in [4.78, 5) is 27.0. The molecule has 0 saturated carbocycles. The van der Waals surface area contributed by atoms with Gasteiger partial charge in [0, 0.05) is 37.3 Å². The summed E-state index contributed by atoms with van der Waals surface area (Å²) in [6.07, 6.45) is 0.229. The Bertz CT molecular complexity index is 1080. The van der Waals surface area contributed by atoms with Crippen LogP contribution in [0.3, 0.4) is 0 Å². The zero-order valence-corrected chi connectivity index (χ0v) is 19.2. The van der Waals surface area contributed by atoms with E-state index in [9.17, 15) is 18.0 Å². The van der Waals surface area contributed by atoms with Crippen molar-refractivity contribution in [2.45, 2.75) is 45.1 Å². The summed E-state index contributed by atoms with van der Waals surface area (Å²) in [6, 6.07) is 11.5. The monoisotopic (exact) mass is 443 g/mol. The maximum Gasteiger partial charge on any atom is 0.251 e. The van der Waals surface area contributed by atoms with Gasteiger partial charge in [0.15, 0.2) is 0 Å². The normalized spacial score (nSPS) is 16.7. The maximum atomic E-state index is 12.7. The van der Waals surface area contributed by atoms with Crippen LogP contribution in [0, 0.1) is 13.8 Å². The molecule has 0 bridgehead atoms. The van der Waals surface area contributed by atoms with Crippen molar-refractivity contribution in [1.29, 1.82) is 0 Å². The molecule has 0 aliphatic carbocycles. The highest BCUT2D eigenvalue weighted by Crippen LogP contribution is 2.24. The fourth-order valence-electron chi connectivity index (χ4n) is 3.71. The first-order valence-electron chi connectivity index (χ1n) is 10.5. The van der Waals surface area contributed by atoms with Crippen molar-refractivity contribution in [2.75, 3.05) is 24.5 Å². The number of nitrogens with one attached hydrogen (secondary N) is 1. The first-order valence-corrected chi connectivity index (χ1v) is 11.9. The summed E-state index contributed by atoms with van der Waals surface area (Å²) in [6.45, 7) is 8.76. The molecule has 2 aromatic carbocycles. The van der Waals surface area contributed by atoms with Crippen LogP contribution in [0.5, 0.6) is 0 Å². The number of anilines is 1. The lowest BCUT2D eigenvalue weighted by Gasteiger charge is -2.19. The van der Waals surface area contributed by atoms with E-state index >= 15 is 0 Å². The molecule has 1 atom stereocenters. The van der Waals surface area contributed by atoms with Crippen LogP contribution in [0.4, 0.5) is 5.69 Å². The molecule has 0 aromatic heterocycles. The zero-order chi connectivity index (χ0) is 22.8. The predicted octanol–water partition coefficient (Wildman–Crippen LogP) is 2.87. The minimum Gasteiger partial charge on any atom is -0.347 e. The van der Waals surface area contributed by atoms with Crippen LogP contribution in [0.15, 0.2) is 47.4 Å². The second-order valence-corrected chi connectivity index (χ2v) is 9.70. The van der Waals surface area contributed by atoms with Gasteiger partial charge >= 0.3 is 0 Å². The maximum absolute atomic E-state index is 12.7. The molecule has 0 spiro atoms. The van der Waals surface area contributed by atoms with E-state index in [0.29, 0.717) is 25.2 Å². The number of aryl methyl sites for hydroxylation is 2. The molecule has 2 aromatic rings. The Morgan fingerprint density at radius 2 is 1.71 bits per heavy atom. The van der Waals surface area contributed by atoms with Gasteiger partial charge in [-0.2, -0.15) is 4.31 Å². The summed E-state index contributed by atoms with van der Waals surface area (Å²) in [5, 5.41) is 2.89. The summed E-state index contributed by atoms with van der Waals surface area (Å²) in [7, 11) is -3.57. The minimum absolute atomic E-state index is 0.0331. The van der Waals surface area contributed by atoms with Gasteiger partial charge in [-0.3, -0.25) is 9.59 Å². The number of benzene rings is 2. The van der Waals surface area contributed by atoms with Gasteiger partial charge < -0.3 is 10.2 Å². The zero-order valence-electron chi connectivity index (χ0n) is 18.4. The van der Waals surface area contributed by atoms with Gasteiger partial charge in [-0.15, -0.1) is 0 Å². The molecule has 8 heteroatoms. The van der Waals surface area contributed by atoms with Gasteiger partial charge in [-0.25, -0.2) is 8.42 Å². The van der Waals surface area contributed by atoms with Crippen molar-refractivity contribution in [3.63, 3.8) is 0 Å². The minimum atomic E-state index is -3.57.